The lowest BCUT2D eigenvalue weighted by atomic mass is 10.2. The number of anilines is 2. The Labute approximate surface area is 103 Å². The number of rotatable bonds is 3. The summed E-state index contributed by atoms with van der Waals surface area (Å²) < 4.78 is 15.3. The van der Waals surface area contributed by atoms with Gasteiger partial charge in [0.2, 0.25) is 0 Å². The molecular weight excluding hydrogens is 237 g/mol. The third kappa shape index (κ3) is 2.32. The summed E-state index contributed by atoms with van der Waals surface area (Å²) >= 11 is 0. The van der Waals surface area contributed by atoms with Crippen molar-refractivity contribution in [1.29, 1.82) is 0 Å². The second-order valence-corrected chi connectivity index (χ2v) is 3.92. The largest absolute Gasteiger partial charge is 0.478 e. The van der Waals surface area contributed by atoms with E-state index in [1.165, 1.54) is 12.1 Å². The summed E-state index contributed by atoms with van der Waals surface area (Å²) in [6.45, 7) is 1.88. The second-order valence-electron chi connectivity index (χ2n) is 3.92. The fraction of sp³-hybridized carbons (Fsp3) is 0.167. The summed E-state index contributed by atoms with van der Waals surface area (Å²) in [5.74, 6) is -1.27. The van der Waals surface area contributed by atoms with Gasteiger partial charge in [0.25, 0.3) is 0 Å². The third-order valence-electron chi connectivity index (χ3n) is 2.59. The van der Waals surface area contributed by atoms with Gasteiger partial charge in [-0.25, -0.2) is 9.18 Å². The highest BCUT2D eigenvalue weighted by atomic mass is 19.1. The van der Waals surface area contributed by atoms with Crippen molar-refractivity contribution in [3.63, 3.8) is 0 Å². The highest BCUT2D eigenvalue weighted by molar-refractivity contribution is 5.88. The highest BCUT2D eigenvalue weighted by Gasteiger charge is 2.09. The van der Waals surface area contributed by atoms with Gasteiger partial charge >= 0.3 is 5.97 Å². The minimum absolute atomic E-state index is 0.0877. The molecule has 94 valence electrons. The third-order valence-corrected chi connectivity index (χ3v) is 2.59. The molecule has 0 saturated heterocycles. The number of carboxylic acids is 1. The first-order valence-corrected chi connectivity index (χ1v) is 5.28. The lowest BCUT2D eigenvalue weighted by Gasteiger charge is -2.05. The topological polar surface area (TPSA) is 67.2 Å². The molecular formula is C12H12FN3O2. The molecule has 1 heterocycles. The Morgan fingerprint density at radius 3 is 2.67 bits per heavy atom. The normalized spacial score (nSPS) is 10.4. The van der Waals surface area contributed by atoms with Crippen molar-refractivity contribution in [2.75, 3.05) is 5.32 Å². The number of hydrogen-bond acceptors (Lipinski definition) is 3. The smallest absolute Gasteiger partial charge is 0.335 e. The number of carboxylic acid groups (broad SMARTS) is 1. The van der Waals surface area contributed by atoms with Crippen LogP contribution < -0.4 is 5.32 Å². The van der Waals surface area contributed by atoms with Crippen molar-refractivity contribution in [2.24, 2.45) is 7.05 Å². The molecule has 0 bridgehead atoms. The predicted molar refractivity (Wildman–Crippen MR) is 64.6 cm³/mol. The monoisotopic (exact) mass is 249 g/mol. The van der Waals surface area contributed by atoms with Crippen LogP contribution in [0.5, 0.6) is 0 Å². The molecule has 2 rings (SSSR count). The lowest BCUT2D eigenvalue weighted by molar-refractivity contribution is 0.0696. The molecule has 1 aromatic heterocycles. The summed E-state index contributed by atoms with van der Waals surface area (Å²) in [5.41, 5.74) is 1.04. The number of carbonyl (C=O) groups is 1. The molecule has 0 aliphatic carbocycles. The first-order valence-electron chi connectivity index (χ1n) is 5.28. The van der Waals surface area contributed by atoms with Crippen LogP contribution in [-0.2, 0) is 7.05 Å². The first kappa shape index (κ1) is 12.1. The molecule has 0 aliphatic rings. The summed E-state index contributed by atoms with van der Waals surface area (Å²) in [5, 5.41) is 15.7. The molecule has 5 nitrogen and oxygen atoms in total. The van der Waals surface area contributed by atoms with Crippen LogP contribution in [0.1, 0.15) is 16.1 Å². The van der Waals surface area contributed by atoms with Crippen LogP contribution >= 0.6 is 0 Å². The van der Waals surface area contributed by atoms with E-state index in [0.717, 1.165) is 11.8 Å². The average Bonchev–Trinajstić information content (AvgIpc) is 2.61. The quantitative estimate of drug-likeness (QED) is 0.875. The molecule has 1 aromatic carbocycles. The van der Waals surface area contributed by atoms with Crippen LogP contribution in [0.15, 0.2) is 24.3 Å². The van der Waals surface area contributed by atoms with Crippen molar-refractivity contribution in [2.45, 2.75) is 6.92 Å². The number of aryl methyl sites for hydroxylation is 2. The van der Waals surface area contributed by atoms with Gasteiger partial charge in [-0.05, 0) is 25.1 Å². The highest BCUT2D eigenvalue weighted by Crippen LogP contribution is 2.20. The molecule has 6 heteroatoms. The lowest BCUT2D eigenvalue weighted by Crippen LogP contribution is -2.00. The van der Waals surface area contributed by atoms with Crippen LogP contribution in [-0.4, -0.2) is 20.9 Å². The Bertz CT molecular complexity index is 588. The van der Waals surface area contributed by atoms with Gasteiger partial charge in [-0.3, -0.25) is 4.68 Å². The van der Waals surface area contributed by atoms with Crippen molar-refractivity contribution >= 4 is 17.5 Å². The molecule has 0 fully saturated rings. The van der Waals surface area contributed by atoms with E-state index >= 15 is 0 Å². The molecule has 0 atom stereocenters. The van der Waals surface area contributed by atoms with Gasteiger partial charge in [0.05, 0.1) is 11.3 Å². The van der Waals surface area contributed by atoms with E-state index in [2.05, 4.69) is 10.4 Å². The van der Waals surface area contributed by atoms with Crippen LogP contribution in [0, 0.1) is 12.7 Å². The number of aromatic carboxylic acids is 1. The number of nitrogens with one attached hydrogen (secondary N) is 1. The van der Waals surface area contributed by atoms with E-state index in [-0.39, 0.29) is 11.3 Å². The van der Waals surface area contributed by atoms with Crippen LogP contribution in [0.3, 0.4) is 0 Å². The van der Waals surface area contributed by atoms with E-state index in [4.69, 9.17) is 5.11 Å². The van der Waals surface area contributed by atoms with E-state index < -0.39 is 11.8 Å². The maximum Gasteiger partial charge on any atom is 0.335 e. The van der Waals surface area contributed by atoms with Crippen molar-refractivity contribution < 1.29 is 14.3 Å². The SMILES string of the molecule is Cc1cc(Nc2ccc(C(=O)O)cc2F)nn1C. The molecule has 0 unspecified atom stereocenters. The van der Waals surface area contributed by atoms with Gasteiger partial charge in [0, 0.05) is 18.8 Å². The summed E-state index contributed by atoms with van der Waals surface area (Å²) in [4.78, 5) is 10.7. The van der Waals surface area contributed by atoms with Crippen LogP contribution in [0.25, 0.3) is 0 Å². The summed E-state index contributed by atoms with van der Waals surface area (Å²) in [6, 6.07) is 5.46. The molecule has 0 radical (unpaired) electrons. The minimum Gasteiger partial charge on any atom is -0.478 e. The number of benzene rings is 1. The van der Waals surface area contributed by atoms with E-state index in [1.54, 1.807) is 17.8 Å². The Morgan fingerprint density at radius 2 is 2.17 bits per heavy atom. The van der Waals surface area contributed by atoms with E-state index in [0.29, 0.717) is 5.82 Å². The van der Waals surface area contributed by atoms with Gasteiger partial charge in [-0.1, -0.05) is 0 Å². The van der Waals surface area contributed by atoms with Crippen LogP contribution in [0.2, 0.25) is 0 Å². The Kier molecular flexibility index (Phi) is 3.01. The van der Waals surface area contributed by atoms with Crippen molar-refractivity contribution in [1.82, 2.24) is 9.78 Å². The first-order chi connectivity index (χ1) is 8.47. The number of hydrogen-bond donors (Lipinski definition) is 2. The molecule has 0 amide bonds. The second kappa shape index (κ2) is 4.48. The summed E-state index contributed by atoms with van der Waals surface area (Å²) in [7, 11) is 1.78. The van der Waals surface area contributed by atoms with Gasteiger partial charge in [-0.15, -0.1) is 0 Å². The van der Waals surface area contributed by atoms with Gasteiger partial charge in [-0.2, -0.15) is 5.10 Å². The Morgan fingerprint density at radius 1 is 1.44 bits per heavy atom. The van der Waals surface area contributed by atoms with Gasteiger partial charge in [0.1, 0.15) is 5.82 Å². The van der Waals surface area contributed by atoms with Crippen molar-refractivity contribution in [3.05, 3.63) is 41.3 Å². The van der Waals surface area contributed by atoms with E-state index in [9.17, 15) is 9.18 Å². The molecule has 0 saturated carbocycles. The molecule has 0 aliphatic heterocycles. The predicted octanol–water partition coefficient (Wildman–Crippen LogP) is 2.31. The summed E-state index contributed by atoms with van der Waals surface area (Å²) in [6.07, 6.45) is 0. The molecule has 2 aromatic rings. The molecule has 18 heavy (non-hydrogen) atoms. The minimum atomic E-state index is -1.16. The van der Waals surface area contributed by atoms with E-state index in [1.807, 2.05) is 6.92 Å². The standard InChI is InChI=1S/C12H12FN3O2/c1-7-5-11(15-16(7)2)14-10-4-3-8(12(17)18)6-9(10)13/h3-6H,1-2H3,(H,14,15)(H,17,18). The number of aromatic nitrogens is 2. The zero-order valence-corrected chi connectivity index (χ0v) is 9.94. The fourth-order valence-corrected chi connectivity index (χ4v) is 1.51. The zero-order chi connectivity index (χ0) is 13.3. The van der Waals surface area contributed by atoms with Crippen LogP contribution in [0.4, 0.5) is 15.9 Å². The Hall–Kier alpha value is -2.37. The maximum atomic E-state index is 13.6. The number of halogens is 1. The van der Waals surface area contributed by atoms with Gasteiger partial charge < -0.3 is 10.4 Å². The van der Waals surface area contributed by atoms with Crippen molar-refractivity contribution in [3.8, 4) is 0 Å². The maximum absolute atomic E-state index is 13.6. The van der Waals surface area contributed by atoms with Gasteiger partial charge in [0.15, 0.2) is 5.82 Å². The fourth-order valence-electron chi connectivity index (χ4n) is 1.51. The molecule has 0 spiro atoms. The Balaban J connectivity index is 2.27. The zero-order valence-electron chi connectivity index (χ0n) is 9.94. The number of nitrogens with zero attached hydrogens (tertiary/aromatic N) is 2. The molecule has 2 N–H and O–H groups in total. The average molecular weight is 249 g/mol.